The molecule has 2 aromatic rings. The second-order valence-corrected chi connectivity index (χ2v) is 9.47. The maximum atomic E-state index is 14.5. The van der Waals surface area contributed by atoms with E-state index in [9.17, 15) is 31.0 Å². The molecule has 1 aliphatic heterocycles. The lowest BCUT2D eigenvalue weighted by atomic mass is 10.1. The monoisotopic (exact) mass is 495 g/mol. The van der Waals surface area contributed by atoms with Gasteiger partial charge in [0.1, 0.15) is 23.5 Å². The van der Waals surface area contributed by atoms with Gasteiger partial charge in [-0.2, -0.15) is 13.2 Å². The van der Waals surface area contributed by atoms with Crippen LogP contribution >= 0.6 is 11.6 Å². The van der Waals surface area contributed by atoms with Gasteiger partial charge in [0.2, 0.25) is 0 Å². The highest BCUT2D eigenvalue weighted by Crippen LogP contribution is 2.34. The average molecular weight is 496 g/mol. The van der Waals surface area contributed by atoms with Gasteiger partial charge < -0.3 is 9.80 Å². The van der Waals surface area contributed by atoms with E-state index in [1.54, 1.807) is 13.8 Å². The van der Waals surface area contributed by atoms with Gasteiger partial charge >= 0.3 is 6.18 Å². The Morgan fingerprint density at radius 1 is 1.22 bits per heavy atom. The highest BCUT2D eigenvalue weighted by molar-refractivity contribution is 7.85. The van der Waals surface area contributed by atoms with E-state index in [1.165, 1.54) is 11.8 Å². The molecule has 0 N–H and O–H groups in total. The molecule has 0 bridgehead atoms. The van der Waals surface area contributed by atoms with Crippen molar-refractivity contribution in [3.05, 3.63) is 52.2 Å². The molecule has 1 saturated heterocycles. The zero-order valence-corrected chi connectivity index (χ0v) is 18.8. The van der Waals surface area contributed by atoms with Crippen molar-refractivity contribution in [1.29, 1.82) is 0 Å². The molecule has 0 spiro atoms. The van der Waals surface area contributed by atoms with E-state index >= 15 is 0 Å². The van der Waals surface area contributed by atoms with E-state index in [1.807, 2.05) is 0 Å². The van der Waals surface area contributed by atoms with Gasteiger partial charge in [0, 0.05) is 28.6 Å². The van der Waals surface area contributed by atoms with Gasteiger partial charge in [-0.3, -0.25) is 9.00 Å². The van der Waals surface area contributed by atoms with Crippen molar-refractivity contribution in [2.75, 3.05) is 21.4 Å². The Kier molecular flexibility index (Phi) is 6.80. The summed E-state index contributed by atoms with van der Waals surface area (Å²) in [5.41, 5.74) is -1.18. The van der Waals surface area contributed by atoms with E-state index in [4.69, 9.17) is 11.6 Å². The summed E-state index contributed by atoms with van der Waals surface area (Å²) in [4.78, 5) is 19.8. The molecule has 1 amide bonds. The summed E-state index contributed by atoms with van der Waals surface area (Å²) in [5.74, 6) is -3.32. The summed E-state index contributed by atoms with van der Waals surface area (Å²) in [6.45, 7) is 4.54. The van der Waals surface area contributed by atoms with E-state index in [0.29, 0.717) is 6.07 Å². The highest BCUT2D eigenvalue weighted by Gasteiger charge is 2.41. The standard InChI is InChI=1S/C20H19ClF5N3O2S/c1-10(2)29(16-6-13(21)14(22)7-15(16)23)19(30)17-8-32(31)9-28(17)18-5-12(20(24,25)26)4-11(3)27-18/h4-7,10,17H,8-9H2,1-3H3/t17-,32?/m1/s1. The Morgan fingerprint density at radius 2 is 1.88 bits per heavy atom. The minimum absolute atomic E-state index is 0.0655. The van der Waals surface area contributed by atoms with Crippen LogP contribution in [0.25, 0.3) is 0 Å². The van der Waals surface area contributed by atoms with Crippen LogP contribution in [0.15, 0.2) is 24.3 Å². The minimum Gasteiger partial charge on any atom is -0.332 e. The Hall–Kier alpha value is -2.27. The predicted molar refractivity (Wildman–Crippen MR) is 112 cm³/mol. The van der Waals surface area contributed by atoms with Crippen LogP contribution in [-0.2, 0) is 21.8 Å². The smallest absolute Gasteiger partial charge is 0.332 e. The van der Waals surface area contributed by atoms with Gasteiger partial charge in [-0.05, 0) is 39.0 Å². The summed E-state index contributed by atoms with van der Waals surface area (Å²) >= 11 is 5.77. The molecule has 1 aliphatic rings. The van der Waals surface area contributed by atoms with E-state index in [2.05, 4.69) is 4.98 Å². The molecular formula is C20H19ClF5N3O2S. The van der Waals surface area contributed by atoms with Crippen LogP contribution in [0.5, 0.6) is 0 Å². The first-order chi connectivity index (χ1) is 14.8. The highest BCUT2D eigenvalue weighted by atomic mass is 35.5. The third-order valence-electron chi connectivity index (χ3n) is 4.85. The largest absolute Gasteiger partial charge is 0.416 e. The lowest BCUT2D eigenvalue weighted by Gasteiger charge is -2.33. The zero-order chi connectivity index (χ0) is 24.0. The molecular weight excluding hydrogens is 477 g/mol. The second-order valence-electron chi connectivity index (χ2n) is 7.59. The van der Waals surface area contributed by atoms with Crippen LogP contribution in [0.1, 0.15) is 25.1 Å². The minimum atomic E-state index is -4.64. The first-order valence-electron chi connectivity index (χ1n) is 9.44. The molecule has 3 rings (SSSR count). The van der Waals surface area contributed by atoms with Gasteiger partial charge in [0.25, 0.3) is 5.91 Å². The van der Waals surface area contributed by atoms with E-state index in [-0.39, 0.29) is 28.8 Å². The number of aryl methyl sites for hydroxylation is 1. The zero-order valence-electron chi connectivity index (χ0n) is 17.2. The summed E-state index contributed by atoms with van der Waals surface area (Å²) < 4.78 is 80.2. The quantitative estimate of drug-likeness (QED) is 0.457. The van der Waals surface area contributed by atoms with E-state index in [0.717, 1.165) is 23.1 Å². The van der Waals surface area contributed by atoms with Crippen LogP contribution in [0.2, 0.25) is 5.02 Å². The summed E-state index contributed by atoms with van der Waals surface area (Å²) in [6, 6.07) is 1.37. The molecule has 1 fully saturated rings. The lowest BCUT2D eigenvalue weighted by Crippen LogP contribution is -2.50. The van der Waals surface area contributed by atoms with Crippen LogP contribution in [-0.4, -0.2) is 38.8 Å². The number of halogens is 6. The topological polar surface area (TPSA) is 53.5 Å². The number of hydrogen-bond acceptors (Lipinski definition) is 4. The number of carbonyl (C=O) groups excluding carboxylic acids is 1. The maximum absolute atomic E-state index is 14.5. The first kappa shape index (κ1) is 24.4. The van der Waals surface area contributed by atoms with Gasteiger partial charge in [-0.1, -0.05) is 11.6 Å². The van der Waals surface area contributed by atoms with Crippen LogP contribution in [0.4, 0.5) is 33.5 Å². The number of amides is 1. The first-order valence-corrected chi connectivity index (χ1v) is 11.3. The number of nitrogens with zero attached hydrogens (tertiary/aromatic N) is 3. The van der Waals surface area contributed by atoms with Crippen molar-refractivity contribution in [2.45, 2.75) is 39.0 Å². The third kappa shape index (κ3) is 4.88. The van der Waals surface area contributed by atoms with Crippen molar-refractivity contribution in [3.8, 4) is 0 Å². The molecule has 32 heavy (non-hydrogen) atoms. The fraction of sp³-hybridized carbons (Fsp3) is 0.400. The van der Waals surface area contributed by atoms with Crippen molar-refractivity contribution < 1.29 is 31.0 Å². The molecule has 2 atom stereocenters. The molecule has 174 valence electrons. The number of rotatable bonds is 4. The number of carbonyl (C=O) groups is 1. The number of pyridine rings is 1. The number of alkyl halides is 3. The normalized spacial score (nSPS) is 19.0. The number of aromatic nitrogens is 1. The fourth-order valence-corrected chi connectivity index (χ4v) is 5.03. The molecule has 1 aromatic carbocycles. The van der Waals surface area contributed by atoms with Crippen molar-refractivity contribution in [3.63, 3.8) is 0 Å². The Morgan fingerprint density at radius 3 is 2.47 bits per heavy atom. The molecule has 12 heteroatoms. The molecule has 0 aliphatic carbocycles. The van der Waals surface area contributed by atoms with Crippen LogP contribution in [0.3, 0.4) is 0 Å². The molecule has 5 nitrogen and oxygen atoms in total. The van der Waals surface area contributed by atoms with Crippen molar-refractivity contribution in [2.24, 2.45) is 0 Å². The molecule has 2 heterocycles. The van der Waals surface area contributed by atoms with Gasteiger partial charge in [0.05, 0.1) is 27.9 Å². The number of hydrogen-bond donors (Lipinski definition) is 0. The summed E-state index contributed by atoms with van der Waals surface area (Å²) in [6.07, 6.45) is -4.64. The van der Waals surface area contributed by atoms with Crippen LogP contribution in [0, 0.1) is 18.6 Å². The number of benzene rings is 1. The number of anilines is 2. The summed E-state index contributed by atoms with van der Waals surface area (Å²) in [5, 5.41) is -0.401. The summed E-state index contributed by atoms with van der Waals surface area (Å²) in [7, 11) is -1.56. The van der Waals surface area contributed by atoms with E-state index < -0.39 is 57.2 Å². The fourth-order valence-electron chi connectivity index (χ4n) is 3.46. The van der Waals surface area contributed by atoms with Crippen molar-refractivity contribution >= 4 is 39.8 Å². The third-order valence-corrected chi connectivity index (χ3v) is 6.40. The van der Waals surface area contributed by atoms with Crippen molar-refractivity contribution in [1.82, 2.24) is 4.98 Å². The Labute approximate surface area is 188 Å². The second kappa shape index (κ2) is 8.93. The van der Waals surface area contributed by atoms with Crippen LogP contribution < -0.4 is 9.80 Å². The lowest BCUT2D eigenvalue weighted by molar-refractivity contribution is -0.137. The van der Waals surface area contributed by atoms with Gasteiger partial charge in [-0.15, -0.1) is 0 Å². The molecule has 1 unspecified atom stereocenters. The predicted octanol–water partition coefficient (Wildman–Crippen LogP) is 4.68. The molecule has 0 saturated carbocycles. The molecule has 0 radical (unpaired) electrons. The van der Waals surface area contributed by atoms with Gasteiger partial charge in [-0.25, -0.2) is 13.8 Å². The maximum Gasteiger partial charge on any atom is 0.416 e. The molecule has 1 aromatic heterocycles. The van der Waals surface area contributed by atoms with Gasteiger partial charge in [0.15, 0.2) is 0 Å². The average Bonchev–Trinajstić information content (AvgIpc) is 3.06. The Bertz CT molecular complexity index is 1080. The SMILES string of the molecule is Cc1cc(C(F)(F)F)cc(N2CS(=O)C[C@@H]2C(=O)N(c2cc(Cl)c(F)cc2F)C(C)C)n1. The Balaban J connectivity index is 2.05.